The maximum absolute atomic E-state index is 12.7. The van der Waals surface area contributed by atoms with E-state index in [9.17, 15) is 9.59 Å². The lowest BCUT2D eigenvalue weighted by atomic mass is 10.1. The van der Waals surface area contributed by atoms with Crippen molar-refractivity contribution in [1.29, 1.82) is 0 Å². The fourth-order valence-electron chi connectivity index (χ4n) is 5.48. The first kappa shape index (κ1) is 40.6. The Morgan fingerprint density at radius 3 is 1.05 bits per heavy atom. The highest BCUT2D eigenvalue weighted by atomic mass is 16.2. The van der Waals surface area contributed by atoms with Gasteiger partial charge in [0.05, 0.1) is 0 Å². The molecule has 0 heterocycles. The maximum Gasteiger partial charge on any atom is 0.229 e. The van der Waals surface area contributed by atoms with Crippen molar-refractivity contribution in [2.45, 2.75) is 194 Å². The van der Waals surface area contributed by atoms with Crippen molar-refractivity contribution in [3.8, 4) is 0 Å². The molecule has 0 saturated carbocycles. The van der Waals surface area contributed by atoms with Gasteiger partial charge in [-0.3, -0.25) is 14.5 Å². The Morgan fingerprint density at radius 2 is 0.738 bits per heavy atom. The summed E-state index contributed by atoms with van der Waals surface area (Å²) in [5.74, 6) is -0.0633. The van der Waals surface area contributed by atoms with Gasteiger partial charge in [0.15, 0.2) is 0 Å². The van der Waals surface area contributed by atoms with E-state index in [1.165, 1.54) is 133 Å². The molecule has 0 aromatic carbocycles. The van der Waals surface area contributed by atoms with Crippen LogP contribution in [0.5, 0.6) is 0 Å². The third kappa shape index (κ3) is 28.7. The van der Waals surface area contributed by atoms with Gasteiger partial charge in [0.1, 0.15) is 0 Å². The summed E-state index contributed by atoms with van der Waals surface area (Å²) in [7, 11) is 0. The van der Waals surface area contributed by atoms with Crippen molar-refractivity contribution < 1.29 is 9.59 Å². The Hall–Kier alpha value is -1.42. The zero-order valence-electron chi connectivity index (χ0n) is 28.4. The molecule has 4 heteroatoms. The molecule has 0 fully saturated rings. The largest absolute Gasteiger partial charge is 0.329 e. The topological polar surface area (TPSA) is 63.4 Å². The van der Waals surface area contributed by atoms with Crippen LogP contribution in [0.2, 0.25) is 0 Å². The molecule has 0 aromatic rings. The van der Waals surface area contributed by atoms with Crippen LogP contribution in [0.15, 0.2) is 24.3 Å². The van der Waals surface area contributed by atoms with Gasteiger partial charge < -0.3 is 5.73 Å². The molecule has 2 amide bonds. The minimum atomic E-state index is -0.0316. The number of carbonyl (C=O) groups excluding carboxylic acids is 2. The molecule has 0 aliphatic heterocycles. The number of hydrogen-bond acceptors (Lipinski definition) is 3. The molecule has 0 bridgehead atoms. The molecular formula is C38H72N2O2. The average molecular weight is 589 g/mol. The number of rotatable bonds is 32. The summed E-state index contributed by atoms with van der Waals surface area (Å²) in [4.78, 5) is 26.8. The van der Waals surface area contributed by atoms with Gasteiger partial charge in [-0.1, -0.05) is 141 Å². The average Bonchev–Trinajstić information content (AvgIpc) is 2.99. The van der Waals surface area contributed by atoms with E-state index in [1.807, 2.05) is 0 Å². The van der Waals surface area contributed by atoms with E-state index < -0.39 is 0 Å². The van der Waals surface area contributed by atoms with E-state index in [2.05, 4.69) is 38.2 Å². The zero-order valence-corrected chi connectivity index (χ0v) is 28.4. The first-order valence-corrected chi connectivity index (χ1v) is 18.5. The smallest absolute Gasteiger partial charge is 0.229 e. The summed E-state index contributed by atoms with van der Waals surface area (Å²) in [6, 6.07) is 0. The van der Waals surface area contributed by atoms with Gasteiger partial charge in [0.2, 0.25) is 11.8 Å². The molecular weight excluding hydrogens is 516 g/mol. The molecule has 0 aliphatic carbocycles. The van der Waals surface area contributed by atoms with Gasteiger partial charge in [-0.2, -0.15) is 0 Å². The number of imide groups is 1. The molecule has 246 valence electrons. The minimum absolute atomic E-state index is 0.0316. The van der Waals surface area contributed by atoms with Crippen LogP contribution in [-0.4, -0.2) is 29.8 Å². The van der Waals surface area contributed by atoms with Crippen LogP contribution in [-0.2, 0) is 9.59 Å². The Kier molecular flexibility index (Phi) is 32.9. The molecule has 0 aliphatic rings. The van der Waals surface area contributed by atoms with Crippen LogP contribution in [0.3, 0.4) is 0 Å². The van der Waals surface area contributed by atoms with Crippen LogP contribution < -0.4 is 5.73 Å². The van der Waals surface area contributed by atoms with Crippen LogP contribution >= 0.6 is 0 Å². The normalized spacial score (nSPS) is 11.7. The van der Waals surface area contributed by atoms with Crippen LogP contribution in [0.4, 0.5) is 0 Å². The highest BCUT2D eigenvalue weighted by Gasteiger charge is 2.19. The predicted octanol–water partition coefficient (Wildman–Crippen LogP) is 11.4. The Labute approximate surface area is 262 Å². The number of allylic oxidation sites excluding steroid dienone is 4. The highest BCUT2D eigenvalue weighted by Crippen LogP contribution is 2.13. The molecule has 0 atom stereocenters. The summed E-state index contributed by atoms with van der Waals surface area (Å²) in [5, 5.41) is 0. The molecule has 0 aromatic heterocycles. The van der Waals surface area contributed by atoms with Crippen LogP contribution in [0.25, 0.3) is 0 Å². The number of amides is 2. The molecule has 0 spiro atoms. The highest BCUT2D eigenvalue weighted by molar-refractivity contribution is 5.95. The van der Waals surface area contributed by atoms with Crippen molar-refractivity contribution in [2.75, 3.05) is 13.1 Å². The molecule has 0 unspecified atom stereocenters. The summed E-state index contributed by atoms with van der Waals surface area (Å²) in [5.41, 5.74) is 5.72. The van der Waals surface area contributed by atoms with Gasteiger partial charge in [-0.15, -0.1) is 0 Å². The Morgan fingerprint density at radius 1 is 0.452 bits per heavy atom. The fourth-order valence-corrected chi connectivity index (χ4v) is 5.48. The molecule has 2 N–H and O–H groups in total. The summed E-state index contributed by atoms with van der Waals surface area (Å²) in [6.45, 7) is 5.23. The first-order chi connectivity index (χ1) is 20.7. The molecule has 0 saturated heterocycles. The van der Waals surface area contributed by atoms with Crippen molar-refractivity contribution in [2.24, 2.45) is 5.73 Å². The molecule has 0 radical (unpaired) electrons. The summed E-state index contributed by atoms with van der Waals surface area (Å²) < 4.78 is 0. The molecule has 4 nitrogen and oxygen atoms in total. The van der Waals surface area contributed by atoms with Crippen molar-refractivity contribution in [3.63, 3.8) is 0 Å². The second-order valence-corrected chi connectivity index (χ2v) is 12.4. The predicted molar refractivity (Wildman–Crippen MR) is 185 cm³/mol. The maximum atomic E-state index is 12.7. The summed E-state index contributed by atoms with van der Waals surface area (Å²) in [6.07, 6.45) is 42.6. The second kappa shape index (κ2) is 34.1. The third-order valence-corrected chi connectivity index (χ3v) is 8.26. The molecule has 0 rings (SSSR count). The van der Waals surface area contributed by atoms with E-state index in [1.54, 1.807) is 0 Å². The molecule has 42 heavy (non-hydrogen) atoms. The zero-order chi connectivity index (χ0) is 30.8. The lowest BCUT2D eigenvalue weighted by Crippen LogP contribution is -2.40. The summed E-state index contributed by atoms with van der Waals surface area (Å²) >= 11 is 0. The Balaban J connectivity index is 3.74. The van der Waals surface area contributed by atoms with Crippen LogP contribution in [0.1, 0.15) is 194 Å². The fraction of sp³-hybridized carbons (Fsp3) is 0.842. The lowest BCUT2D eigenvalue weighted by Gasteiger charge is -2.20. The van der Waals surface area contributed by atoms with Gasteiger partial charge in [-0.05, 0) is 64.2 Å². The van der Waals surface area contributed by atoms with Gasteiger partial charge in [0.25, 0.3) is 0 Å². The SMILES string of the molecule is CCCCCCCCC=CCCCCCCCC(=O)N(CCN)C(=O)CCCCCCCC=CCCCCCCCC. The monoisotopic (exact) mass is 589 g/mol. The van der Waals surface area contributed by atoms with Gasteiger partial charge >= 0.3 is 0 Å². The first-order valence-electron chi connectivity index (χ1n) is 18.5. The van der Waals surface area contributed by atoms with E-state index in [0.717, 1.165) is 38.5 Å². The van der Waals surface area contributed by atoms with Gasteiger partial charge in [0, 0.05) is 25.9 Å². The number of nitrogens with zero attached hydrogens (tertiary/aromatic N) is 1. The number of nitrogens with two attached hydrogens (primary N) is 1. The van der Waals surface area contributed by atoms with E-state index in [-0.39, 0.29) is 11.8 Å². The van der Waals surface area contributed by atoms with Gasteiger partial charge in [-0.25, -0.2) is 0 Å². The van der Waals surface area contributed by atoms with E-state index in [0.29, 0.717) is 25.9 Å². The number of unbranched alkanes of at least 4 members (excludes halogenated alkanes) is 22. The second-order valence-electron chi connectivity index (χ2n) is 12.4. The number of carbonyl (C=O) groups is 2. The standard InChI is InChI=1S/C38H72N2O2/c1-3-5-7-9-11-13-15-17-19-21-23-25-27-29-31-33-37(41)40(36-35-39)38(42)34-32-30-28-26-24-22-20-18-16-14-12-10-8-6-4-2/h17-20H,3-16,21-36,39H2,1-2H3. The van der Waals surface area contributed by atoms with E-state index >= 15 is 0 Å². The van der Waals surface area contributed by atoms with Crippen LogP contribution in [0, 0.1) is 0 Å². The number of hydrogen-bond donors (Lipinski definition) is 1. The Bertz CT molecular complexity index is 591. The quantitative estimate of drug-likeness (QED) is 0.0628. The minimum Gasteiger partial charge on any atom is -0.329 e. The van der Waals surface area contributed by atoms with Crippen molar-refractivity contribution in [3.05, 3.63) is 24.3 Å². The van der Waals surface area contributed by atoms with Crippen molar-refractivity contribution >= 4 is 11.8 Å². The lowest BCUT2D eigenvalue weighted by molar-refractivity contribution is -0.144. The van der Waals surface area contributed by atoms with E-state index in [4.69, 9.17) is 5.73 Å². The third-order valence-electron chi connectivity index (χ3n) is 8.26. The van der Waals surface area contributed by atoms with Crippen molar-refractivity contribution in [1.82, 2.24) is 4.90 Å².